The molecule has 19 heavy (non-hydrogen) atoms. The lowest BCUT2D eigenvalue weighted by molar-refractivity contribution is 0.735. The minimum atomic E-state index is -0.896. The number of unbranched alkanes of at least 4 members (excludes halogenated alkanes) is 2. The summed E-state index contributed by atoms with van der Waals surface area (Å²) < 4.78 is 0. The van der Waals surface area contributed by atoms with Crippen molar-refractivity contribution in [3.63, 3.8) is 0 Å². The second-order valence-electron chi connectivity index (χ2n) is 5.91. The third kappa shape index (κ3) is 8.27. The van der Waals surface area contributed by atoms with E-state index < -0.39 is 7.22 Å². The van der Waals surface area contributed by atoms with Gasteiger partial charge in [0.25, 0.3) is 0 Å². The van der Waals surface area contributed by atoms with Crippen LogP contribution in [0.25, 0.3) is 0 Å². The van der Waals surface area contributed by atoms with Crippen LogP contribution in [0.4, 0.5) is 0 Å². The Labute approximate surface area is 123 Å². The molecule has 1 aromatic carbocycles. The maximum Gasteiger partial charge on any atom is 0.108 e. The lowest BCUT2D eigenvalue weighted by Crippen LogP contribution is -2.14. The van der Waals surface area contributed by atoms with Crippen LogP contribution < -0.4 is 0 Å². The molecule has 0 radical (unpaired) electrons. The molecule has 0 atom stereocenters. The van der Waals surface area contributed by atoms with Crippen LogP contribution in [-0.2, 0) is 0 Å². The quantitative estimate of drug-likeness (QED) is 0.367. The molecule has 0 saturated heterocycles. The molecule has 0 unspecified atom stereocenters. The van der Waals surface area contributed by atoms with Crippen LogP contribution >= 0.6 is 11.2 Å². The Morgan fingerprint density at radius 3 is 2.53 bits per heavy atom. The minimum absolute atomic E-state index is 0.896. The summed E-state index contributed by atoms with van der Waals surface area (Å²) in [7, 11) is -0.896. The molecular formula is C16H27NSSi. The highest BCUT2D eigenvalue weighted by Gasteiger charge is 2.12. The van der Waals surface area contributed by atoms with E-state index in [2.05, 4.69) is 67.0 Å². The first-order valence-corrected chi connectivity index (χ1v) is 12.4. The van der Waals surface area contributed by atoms with E-state index >= 15 is 0 Å². The molecule has 0 spiro atoms. The van der Waals surface area contributed by atoms with Gasteiger partial charge in [0, 0.05) is 12.8 Å². The van der Waals surface area contributed by atoms with Gasteiger partial charge in [-0.05, 0) is 36.6 Å². The van der Waals surface area contributed by atoms with Gasteiger partial charge < -0.3 is 0 Å². The monoisotopic (exact) mass is 293 g/mol. The Morgan fingerprint density at radius 2 is 1.84 bits per heavy atom. The average Bonchev–Trinajstić information content (AvgIpc) is 2.33. The van der Waals surface area contributed by atoms with E-state index in [-0.39, 0.29) is 0 Å². The van der Waals surface area contributed by atoms with Gasteiger partial charge in [-0.15, -0.1) is 0 Å². The predicted octanol–water partition coefficient (Wildman–Crippen LogP) is 5.15. The third-order valence-corrected chi connectivity index (χ3v) is 7.45. The topological polar surface area (TPSA) is 12.4 Å². The largest absolute Gasteiger partial charge is 0.293 e. The van der Waals surface area contributed by atoms with E-state index in [1.165, 1.54) is 36.1 Å². The third-order valence-electron chi connectivity index (χ3n) is 2.89. The summed E-state index contributed by atoms with van der Waals surface area (Å²) >= 11 is 2.20. The summed E-state index contributed by atoms with van der Waals surface area (Å²) in [6.45, 7) is 10.4. The van der Waals surface area contributed by atoms with Gasteiger partial charge in [0.15, 0.2) is 0 Å². The van der Waals surface area contributed by atoms with Gasteiger partial charge in [0.05, 0.1) is 0 Å². The van der Waals surface area contributed by atoms with Crippen molar-refractivity contribution in [2.75, 3.05) is 12.3 Å². The van der Waals surface area contributed by atoms with Crippen molar-refractivity contribution in [2.45, 2.75) is 45.8 Å². The Balaban J connectivity index is 2.10. The number of benzene rings is 1. The zero-order valence-corrected chi connectivity index (χ0v) is 14.6. The summed E-state index contributed by atoms with van der Waals surface area (Å²) in [5, 5.41) is 0. The molecule has 1 aromatic rings. The van der Waals surface area contributed by atoms with E-state index in [1.54, 1.807) is 0 Å². The minimum Gasteiger partial charge on any atom is -0.293 e. The highest BCUT2D eigenvalue weighted by molar-refractivity contribution is 8.28. The standard InChI is InChI=1S/C16H27NSSi/c1-15-10-6-7-11-16(15)14-17-12-8-5-9-13-18-19(2,3)4/h6-7,10-11,14H,5,8-9,12-13H2,1-4H3/b17-14+. The molecule has 0 saturated carbocycles. The van der Waals surface area contributed by atoms with Crippen LogP contribution in [0.5, 0.6) is 0 Å². The molecule has 0 N–H and O–H groups in total. The van der Waals surface area contributed by atoms with Gasteiger partial charge in [-0.25, -0.2) is 0 Å². The Bertz CT molecular complexity index is 396. The molecule has 3 heteroatoms. The first-order valence-electron chi connectivity index (χ1n) is 7.18. The van der Waals surface area contributed by atoms with Crippen molar-refractivity contribution in [3.8, 4) is 0 Å². The average molecular weight is 294 g/mol. The van der Waals surface area contributed by atoms with Crippen LogP contribution in [0.15, 0.2) is 29.3 Å². The molecule has 1 rings (SSSR count). The first kappa shape index (κ1) is 16.5. The van der Waals surface area contributed by atoms with Gasteiger partial charge in [-0.3, -0.25) is 4.99 Å². The number of aliphatic imine (C=N–C) groups is 1. The van der Waals surface area contributed by atoms with Crippen LogP contribution in [0, 0.1) is 6.92 Å². The second-order valence-corrected chi connectivity index (χ2v) is 15.4. The molecule has 0 fully saturated rings. The molecule has 0 aromatic heterocycles. The fourth-order valence-electron chi connectivity index (χ4n) is 1.75. The van der Waals surface area contributed by atoms with Crippen LogP contribution in [-0.4, -0.2) is 25.7 Å². The van der Waals surface area contributed by atoms with Crippen molar-refractivity contribution in [2.24, 2.45) is 4.99 Å². The van der Waals surface area contributed by atoms with Crippen LogP contribution in [0.2, 0.25) is 19.6 Å². The zero-order valence-electron chi connectivity index (χ0n) is 12.8. The smallest absolute Gasteiger partial charge is 0.108 e. The van der Waals surface area contributed by atoms with Crippen molar-refractivity contribution in [1.82, 2.24) is 0 Å². The number of hydrogen-bond acceptors (Lipinski definition) is 2. The number of aryl methyl sites for hydroxylation is 1. The van der Waals surface area contributed by atoms with Crippen LogP contribution in [0.1, 0.15) is 30.4 Å². The Morgan fingerprint density at radius 1 is 1.11 bits per heavy atom. The second kappa shape index (κ2) is 8.59. The maximum atomic E-state index is 4.53. The summed E-state index contributed by atoms with van der Waals surface area (Å²) in [5.41, 5.74) is 2.55. The molecule has 0 amide bonds. The molecule has 0 aliphatic carbocycles. The highest BCUT2D eigenvalue weighted by atomic mass is 32.4. The lowest BCUT2D eigenvalue weighted by atomic mass is 10.1. The number of hydrogen-bond donors (Lipinski definition) is 0. The zero-order chi connectivity index (χ0) is 14.1. The number of rotatable bonds is 8. The van der Waals surface area contributed by atoms with Gasteiger partial charge in [-0.1, -0.05) is 50.3 Å². The van der Waals surface area contributed by atoms with E-state index in [0.717, 1.165) is 6.54 Å². The van der Waals surface area contributed by atoms with Gasteiger partial charge >= 0.3 is 0 Å². The fraction of sp³-hybridized carbons (Fsp3) is 0.562. The highest BCUT2D eigenvalue weighted by Crippen LogP contribution is 2.20. The van der Waals surface area contributed by atoms with E-state index in [4.69, 9.17) is 0 Å². The summed E-state index contributed by atoms with van der Waals surface area (Å²) in [4.78, 5) is 4.53. The van der Waals surface area contributed by atoms with Gasteiger partial charge in [0.2, 0.25) is 0 Å². The predicted molar refractivity (Wildman–Crippen MR) is 93.3 cm³/mol. The molecular weight excluding hydrogens is 266 g/mol. The number of nitrogens with zero attached hydrogens (tertiary/aromatic N) is 1. The summed E-state index contributed by atoms with van der Waals surface area (Å²) in [6.07, 6.45) is 5.89. The van der Waals surface area contributed by atoms with E-state index in [9.17, 15) is 0 Å². The molecule has 0 bridgehead atoms. The van der Waals surface area contributed by atoms with Gasteiger partial charge in [-0.2, -0.15) is 11.2 Å². The normalized spacial score (nSPS) is 12.2. The van der Waals surface area contributed by atoms with Crippen molar-refractivity contribution >= 4 is 24.6 Å². The van der Waals surface area contributed by atoms with Crippen molar-refractivity contribution < 1.29 is 0 Å². The first-order chi connectivity index (χ1) is 8.99. The van der Waals surface area contributed by atoms with E-state index in [0.29, 0.717) is 0 Å². The molecule has 1 nitrogen and oxygen atoms in total. The molecule has 0 heterocycles. The fourth-order valence-corrected chi connectivity index (χ4v) is 4.99. The van der Waals surface area contributed by atoms with E-state index in [1.807, 2.05) is 6.21 Å². The van der Waals surface area contributed by atoms with Crippen molar-refractivity contribution in [1.29, 1.82) is 0 Å². The summed E-state index contributed by atoms with van der Waals surface area (Å²) in [6, 6.07) is 8.41. The molecule has 0 aliphatic heterocycles. The summed E-state index contributed by atoms with van der Waals surface area (Å²) in [5.74, 6) is 1.33. The van der Waals surface area contributed by atoms with Gasteiger partial charge in [0.1, 0.15) is 7.22 Å². The lowest BCUT2D eigenvalue weighted by Gasteiger charge is -2.14. The molecule has 106 valence electrons. The SMILES string of the molecule is Cc1ccccc1/C=N/CCCCCS[Si](C)(C)C. The van der Waals surface area contributed by atoms with Crippen LogP contribution in [0.3, 0.4) is 0 Å². The Hall–Kier alpha value is -0.543. The maximum absolute atomic E-state index is 4.53. The Kier molecular flexibility index (Phi) is 7.47. The molecule has 0 aliphatic rings. The van der Waals surface area contributed by atoms with Crippen molar-refractivity contribution in [3.05, 3.63) is 35.4 Å².